The molecule has 486 valence electrons. The Morgan fingerprint density at radius 2 is 0.324 bits per heavy atom. The molecule has 19 aromatic rings. The van der Waals surface area contributed by atoms with E-state index in [9.17, 15) is 0 Å². The molecule has 0 saturated heterocycles. The van der Waals surface area contributed by atoms with Gasteiger partial charge in [0.1, 0.15) is 11.1 Å². The van der Waals surface area contributed by atoms with Crippen molar-refractivity contribution in [2.75, 3.05) is 0 Å². The summed E-state index contributed by atoms with van der Waals surface area (Å²) in [6.45, 7) is 0. The number of fused-ring (bicyclic) bond motifs is 12. The fourth-order valence-corrected chi connectivity index (χ4v) is 15.9. The average molecular weight is 1330 g/mol. The van der Waals surface area contributed by atoms with Crippen LogP contribution < -0.4 is 0 Å². The lowest BCUT2D eigenvalue weighted by atomic mass is 9.96. The lowest BCUT2D eigenvalue weighted by Crippen LogP contribution is -2.26. The Balaban J connectivity index is 1.09. The topological polar surface area (TPSA) is 19.7 Å². The first kappa shape index (κ1) is 60.3. The van der Waals surface area contributed by atoms with Crippen LogP contribution in [0.2, 0.25) is 0 Å². The summed E-state index contributed by atoms with van der Waals surface area (Å²) < 4.78 is 122. The van der Waals surface area contributed by atoms with E-state index in [4.69, 9.17) is 0 Å². The van der Waals surface area contributed by atoms with Gasteiger partial charge in [-0.05, 0) is 152 Å². The van der Waals surface area contributed by atoms with Crippen LogP contribution in [0.15, 0.2) is 340 Å². The molecule has 0 unspecified atom stereocenters. The number of aromatic nitrogens is 4. The number of benzene rings is 15. The summed E-state index contributed by atoms with van der Waals surface area (Å²) >= 11 is 0. The van der Waals surface area contributed by atoms with Crippen molar-refractivity contribution in [1.29, 1.82) is 0 Å². The third-order valence-corrected chi connectivity index (χ3v) is 20.4. The maximum Gasteiger partial charge on any atom is 0.420 e. The van der Waals surface area contributed by atoms with Crippen molar-refractivity contribution in [2.24, 2.45) is 0 Å². The van der Waals surface area contributed by atoms with Crippen LogP contribution in [0.5, 0.6) is 0 Å². The number of halogens is 6. The van der Waals surface area contributed by atoms with Crippen LogP contribution in [0.1, 0.15) is 11.1 Å². The minimum atomic E-state index is -5.47. The van der Waals surface area contributed by atoms with Gasteiger partial charge in [-0.15, -0.1) is 0 Å². The SMILES string of the molecule is FC(F)(F)c1c(-n2c3ccccc3c3cc(-c4ccccc4)ccc32)c(-n2c3ccc(-c4ccccc4)cc3c3cc(-c4ccccc4)ccc32)c(C(F)(F)F)c(-n2c3ccc(-c4ccccc4)cc3c3cc(-c4ccccc4)ccc32)c1-n1c2ccccc2c2cc(-c3ccccc3)ccc21. The van der Waals surface area contributed by atoms with Gasteiger partial charge < -0.3 is 18.3 Å². The van der Waals surface area contributed by atoms with E-state index in [0.29, 0.717) is 43.1 Å². The molecule has 0 saturated carbocycles. The van der Waals surface area contributed by atoms with E-state index >= 15 is 26.3 Å². The molecular weight excluding hydrogens is 1280 g/mol. The highest BCUT2D eigenvalue weighted by molar-refractivity contribution is 6.17. The predicted octanol–water partition coefficient (Wildman–Crippen LogP) is 26.1. The van der Waals surface area contributed by atoms with Crippen LogP contribution in [0.4, 0.5) is 26.3 Å². The summed E-state index contributed by atoms with van der Waals surface area (Å²) in [7, 11) is 0. The molecule has 0 N–H and O–H groups in total. The molecular formula is C92H56F6N4. The summed E-state index contributed by atoms with van der Waals surface area (Å²) in [4.78, 5) is 0. The average Bonchev–Trinajstić information content (AvgIpc) is 1.43. The van der Waals surface area contributed by atoms with E-state index in [1.807, 2.05) is 279 Å². The van der Waals surface area contributed by atoms with Crippen LogP contribution >= 0.6 is 0 Å². The maximum absolute atomic E-state index is 19.3. The zero-order valence-corrected chi connectivity index (χ0v) is 54.4. The van der Waals surface area contributed by atoms with Crippen LogP contribution in [0.3, 0.4) is 0 Å². The molecule has 102 heavy (non-hydrogen) atoms. The molecule has 4 aromatic heterocycles. The van der Waals surface area contributed by atoms with Gasteiger partial charge in [-0.3, -0.25) is 0 Å². The molecule has 4 nitrogen and oxygen atoms in total. The van der Waals surface area contributed by atoms with Crippen LogP contribution in [0.25, 0.3) is 177 Å². The molecule has 0 atom stereocenters. The van der Waals surface area contributed by atoms with Crippen molar-refractivity contribution in [1.82, 2.24) is 18.3 Å². The first-order chi connectivity index (χ1) is 49.9. The van der Waals surface area contributed by atoms with Gasteiger partial charge in [-0.25, -0.2) is 0 Å². The molecule has 0 amide bonds. The third-order valence-electron chi connectivity index (χ3n) is 20.4. The number of rotatable bonds is 10. The molecule has 0 fully saturated rings. The van der Waals surface area contributed by atoms with Crippen LogP contribution in [0, 0.1) is 0 Å². The Hall–Kier alpha value is -12.9. The summed E-state index contributed by atoms with van der Waals surface area (Å²) in [5.74, 6) is 0. The normalized spacial score (nSPS) is 12.2. The Morgan fingerprint density at radius 1 is 0.157 bits per heavy atom. The fourth-order valence-electron chi connectivity index (χ4n) is 15.9. The van der Waals surface area contributed by atoms with Crippen molar-refractivity contribution in [3.63, 3.8) is 0 Å². The minimum Gasteiger partial charge on any atom is -0.306 e. The molecule has 4 heterocycles. The smallest absolute Gasteiger partial charge is 0.306 e. The molecule has 0 radical (unpaired) electrons. The molecule has 0 bridgehead atoms. The summed E-state index contributed by atoms with van der Waals surface area (Å²) in [5.41, 5.74) is 6.38. The van der Waals surface area contributed by atoms with E-state index in [2.05, 4.69) is 0 Å². The molecule has 0 aliphatic rings. The molecule has 19 rings (SSSR count). The van der Waals surface area contributed by atoms with Gasteiger partial charge in [0.05, 0.1) is 66.9 Å². The molecule has 0 spiro atoms. The lowest BCUT2D eigenvalue weighted by Gasteiger charge is -2.32. The van der Waals surface area contributed by atoms with Gasteiger partial charge in [0.25, 0.3) is 0 Å². The third kappa shape index (κ3) is 9.61. The van der Waals surface area contributed by atoms with Gasteiger partial charge in [0, 0.05) is 43.1 Å². The number of nitrogens with zero attached hydrogens (tertiary/aromatic N) is 4. The van der Waals surface area contributed by atoms with Crippen LogP contribution in [-0.4, -0.2) is 18.3 Å². The number of alkyl halides is 6. The number of hydrogen-bond donors (Lipinski definition) is 0. The second kappa shape index (κ2) is 23.4. The Bertz CT molecular complexity index is 5970. The van der Waals surface area contributed by atoms with E-state index in [-0.39, 0.29) is 44.1 Å². The second-order valence-corrected chi connectivity index (χ2v) is 26.1. The van der Waals surface area contributed by atoms with Crippen molar-refractivity contribution in [3.8, 4) is 89.5 Å². The van der Waals surface area contributed by atoms with E-state index in [1.54, 1.807) is 60.7 Å². The zero-order valence-electron chi connectivity index (χ0n) is 54.4. The van der Waals surface area contributed by atoms with Crippen molar-refractivity contribution in [2.45, 2.75) is 12.4 Å². The Kier molecular flexibility index (Phi) is 13.8. The lowest BCUT2D eigenvalue weighted by molar-refractivity contribution is -0.141. The number of para-hydroxylation sites is 2. The minimum absolute atomic E-state index is 0.258. The maximum atomic E-state index is 19.3. The van der Waals surface area contributed by atoms with Gasteiger partial charge in [0.2, 0.25) is 0 Å². The Morgan fingerprint density at radius 3 is 0.520 bits per heavy atom. The summed E-state index contributed by atoms with van der Waals surface area (Å²) in [6, 6.07) is 106. The highest BCUT2D eigenvalue weighted by Gasteiger charge is 2.50. The Labute approximate surface area is 581 Å². The second-order valence-electron chi connectivity index (χ2n) is 26.1. The molecule has 10 heteroatoms. The van der Waals surface area contributed by atoms with Crippen molar-refractivity contribution < 1.29 is 26.3 Å². The van der Waals surface area contributed by atoms with Crippen molar-refractivity contribution >= 4 is 87.2 Å². The van der Waals surface area contributed by atoms with Gasteiger partial charge >= 0.3 is 12.4 Å². The largest absolute Gasteiger partial charge is 0.420 e. The first-order valence-corrected chi connectivity index (χ1v) is 33.9. The quantitative estimate of drug-likeness (QED) is 0.122. The highest BCUT2D eigenvalue weighted by atomic mass is 19.4. The molecule has 0 aliphatic heterocycles. The van der Waals surface area contributed by atoms with Gasteiger partial charge in [-0.1, -0.05) is 255 Å². The fraction of sp³-hybridized carbons (Fsp3) is 0.0217. The summed E-state index contributed by atoms with van der Waals surface area (Å²) in [5, 5.41) is 4.32. The van der Waals surface area contributed by atoms with Gasteiger partial charge in [0.15, 0.2) is 0 Å². The summed E-state index contributed by atoms with van der Waals surface area (Å²) in [6.07, 6.45) is -10.9. The van der Waals surface area contributed by atoms with E-state index < -0.39 is 46.2 Å². The van der Waals surface area contributed by atoms with E-state index in [0.717, 1.165) is 66.8 Å². The van der Waals surface area contributed by atoms with Crippen LogP contribution in [-0.2, 0) is 12.4 Å². The molecule has 15 aromatic carbocycles. The predicted molar refractivity (Wildman–Crippen MR) is 406 cm³/mol. The molecule has 0 aliphatic carbocycles. The van der Waals surface area contributed by atoms with E-state index in [1.165, 1.54) is 18.3 Å². The van der Waals surface area contributed by atoms with Gasteiger partial charge in [-0.2, -0.15) is 26.3 Å². The number of hydrogen-bond acceptors (Lipinski definition) is 0. The standard InChI is InChI=1S/C92H56F6N4/c93-91(94,95)85-87(99-77-37-21-19-35-69(77)71-51-63(39-45-79(71)99)57-23-7-1-8-24-57)89(101-81-47-41-65(59-27-11-3-12-28-59)53-73(81)74-54-66(42-48-82(74)101)60-29-13-4-14-30-60)86(92(96,97)98)90(88(85)100-78-38-22-20-36-70(78)72-52-64(40-46-80(72)100)58-25-9-2-10-26-58)102-83-49-43-67(61-31-15-5-16-32-61)55-75(83)76-56-68(44-50-84(76)102)62-33-17-6-18-34-62/h1-56H. The first-order valence-electron chi connectivity index (χ1n) is 33.9. The monoisotopic (exact) mass is 1330 g/mol. The zero-order chi connectivity index (χ0) is 68.5. The highest BCUT2D eigenvalue weighted by Crippen LogP contribution is 2.57. The van der Waals surface area contributed by atoms with Crippen molar-refractivity contribution in [3.05, 3.63) is 351 Å².